The Bertz CT molecular complexity index is 662. The van der Waals surface area contributed by atoms with Crippen LogP contribution < -0.4 is 15.4 Å². The number of carbonyl (C=O) groups is 1. The Morgan fingerprint density at radius 1 is 1.19 bits per heavy atom. The lowest BCUT2D eigenvalue weighted by atomic mass is 10.1. The molecule has 0 aromatic heterocycles. The largest absolute Gasteiger partial charge is 0.497 e. The number of methoxy groups -OCH3 is 2. The maximum Gasteiger partial charge on any atom is 0.243 e. The van der Waals surface area contributed by atoms with Crippen molar-refractivity contribution in [3.63, 3.8) is 0 Å². The van der Waals surface area contributed by atoms with Gasteiger partial charge in [0.2, 0.25) is 5.91 Å². The van der Waals surface area contributed by atoms with E-state index in [2.05, 4.69) is 32.7 Å². The van der Waals surface area contributed by atoms with E-state index in [-0.39, 0.29) is 36.4 Å². The Hall–Kier alpha value is -1.59. The van der Waals surface area contributed by atoms with Gasteiger partial charge in [0.15, 0.2) is 5.96 Å². The third-order valence-corrected chi connectivity index (χ3v) is 5.28. The highest BCUT2D eigenvalue weighted by Crippen LogP contribution is 2.12. The SMILES string of the molecule is COCCN1CCC(NC(=NCC(=O)N(C)C)NCCc2ccc(OC)cc2)CC1.I. The number of amides is 1. The molecule has 1 aromatic carbocycles. The van der Waals surface area contributed by atoms with Gasteiger partial charge in [-0.3, -0.25) is 4.79 Å². The van der Waals surface area contributed by atoms with Gasteiger partial charge < -0.3 is 29.9 Å². The van der Waals surface area contributed by atoms with Crippen molar-refractivity contribution in [2.75, 3.05) is 67.6 Å². The first kappa shape index (κ1) is 27.4. The number of rotatable bonds is 10. The van der Waals surface area contributed by atoms with Crippen LogP contribution >= 0.6 is 24.0 Å². The number of halogens is 1. The molecule has 0 atom stereocenters. The molecule has 1 saturated heterocycles. The Kier molecular flexibility index (Phi) is 13.5. The summed E-state index contributed by atoms with van der Waals surface area (Å²) >= 11 is 0. The fourth-order valence-electron chi connectivity index (χ4n) is 3.27. The number of ether oxygens (including phenoxy) is 2. The number of nitrogens with zero attached hydrogens (tertiary/aromatic N) is 3. The Morgan fingerprint density at radius 2 is 1.87 bits per heavy atom. The minimum atomic E-state index is -0.0133. The highest BCUT2D eigenvalue weighted by Gasteiger charge is 2.20. The van der Waals surface area contributed by atoms with Gasteiger partial charge in [-0.1, -0.05) is 12.1 Å². The second-order valence-electron chi connectivity index (χ2n) is 7.73. The number of benzene rings is 1. The second kappa shape index (κ2) is 15.3. The predicted octanol–water partition coefficient (Wildman–Crippen LogP) is 1.59. The van der Waals surface area contributed by atoms with E-state index >= 15 is 0 Å². The van der Waals surface area contributed by atoms with Gasteiger partial charge >= 0.3 is 0 Å². The van der Waals surface area contributed by atoms with Crippen LogP contribution in [-0.2, 0) is 16.0 Å². The third-order valence-electron chi connectivity index (χ3n) is 5.28. The van der Waals surface area contributed by atoms with Gasteiger partial charge in [0.1, 0.15) is 12.3 Å². The van der Waals surface area contributed by atoms with Crippen LogP contribution in [0.3, 0.4) is 0 Å². The van der Waals surface area contributed by atoms with Crippen molar-refractivity contribution in [3.8, 4) is 5.75 Å². The Balaban J connectivity index is 0.00000480. The fourth-order valence-corrected chi connectivity index (χ4v) is 3.27. The van der Waals surface area contributed by atoms with Crippen LogP contribution in [0.5, 0.6) is 5.75 Å². The smallest absolute Gasteiger partial charge is 0.243 e. The molecule has 1 aromatic rings. The fraction of sp³-hybridized carbons (Fsp3) is 0.636. The molecular formula is C22H38IN5O3. The van der Waals surface area contributed by atoms with Crippen LogP contribution in [0.25, 0.3) is 0 Å². The molecular weight excluding hydrogens is 509 g/mol. The average molecular weight is 547 g/mol. The summed E-state index contributed by atoms with van der Waals surface area (Å²) in [4.78, 5) is 20.5. The lowest BCUT2D eigenvalue weighted by molar-refractivity contribution is -0.127. The summed E-state index contributed by atoms with van der Waals surface area (Å²) in [6, 6.07) is 8.42. The molecule has 0 spiro atoms. The van der Waals surface area contributed by atoms with E-state index < -0.39 is 0 Å². The number of piperidine rings is 1. The third kappa shape index (κ3) is 10.5. The van der Waals surface area contributed by atoms with Crippen LogP contribution in [-0.4, -0.2) is 95.4 Å². The number of likely N-dealkylation sites (N-methyl/N-ethyl adjacent to an activating group) is 1. The number of aliphatic imine (C=N–C) groups is 1. The van der Waals surface area contributed by atoms with Crippen LogP contribution in [0.15, 0.2) is 29.3 Å². The van der Waals surface area contributed by atoms with Gasteiger partial charge in [0, 0.05) is 53.4 Å². The number of hydrogen-bond donors (Lipinski definition) is 2. The number of carbonyl (C=O) groups excluding carboxylic acids is 1. The normalized spacial score (nSPS) is 15.2. The zero-order valence-electron chi connectivity index (χ0n) is 19.2. The first-order valence-corrected chi connectivity index (χ1v) is 10.6. The standard InChI is InChI=1S/C22H37N5O3.HI/c1-26(2)21(28)17-24-22(23-12-9-18-5-7-20(30-4)8-6-18)25-19-10-13-27(14-11-19)15-16-29-3;/h5-8,19H,9-17H2,1-4H3,(H2,23,24,25);1H. The van der Waals surface area contributed by atoms with E-state index in [1.54, 1.807) is 33.2 Å². The summed E-state index contributed by atoms with van der Waals surface area (Å²) < 4.78 is 10.4. The van der Waals surface area contributed by atoms with Crippen molar-refractivity contribution in [1.29, 1.82) is 0 Å². The summed E-state index contributed by atoms with van der Waals surface area (Å²) in [5.74, 6) is 1.55. The quantitative estimate of drug-likeness (QED) is 0.263. The molecule has 1 fully saturated rings. The number of nitrogens with one attached hydrogen (secondary N) is 2. The monoisotopic (exact) mass is 547 g/mol. The molecule has 1 aliphatic heterocycles. The molecule has 31 heavy (non-hydrogen) atoms. The van der Waals surface area contributed by atoms with Gasteiger partial charge in [-0.05, 0) is 37.0 Å². The lowest BCUT2D eigenvalue weighted by Gasteiger charge is -2.33. The Morgan fingerprint density at radius 3 is 2.45 bits per heavy atom. The van der Waals surface area contributed by atoms with Crippen molar-refractivity contribution >= 4 is 35.8 Å². The van der Waals surface area contributed by atoms with Gasteiger partial charge in [0.25, 0.3) is 0 Å². The van der Waals surface area contributed by atoms with E-state index in [1.807, 2.05) is 12.1 Å². The average Bonchev–Trinajstić information content (AvgIpc) is 2.77. The van der Waals surface area contributed by atoms with E-state index in [0.29, 0.717) is 12.0 Å². The highest BCUT2D eigenvalue weighted by molar-refractivity contribution is 14.0. The first-order valence-electron chi connectivity index (χ1n) is 10.6. The summed E-state index contributed by atoms with van der Waals surface area (Å²) in [6.45, 7) is 4.69. The minimum absolute atomic E-state index is 0. The maximum absolute atomic E-state index is 12.0. The molecule has 9 heteroatoms. The van der Waals surface area contributed by atoms with Gasteiger partial charge in [-0.15, -0.1) is 24.0 Å². The zero-order valence-corrected chi connectivity index (χ0v) is 21.6. The molecule has 0 unspecified atom stereocenters. The van der Waals surface area contributed by atoms with Crippen LogP contribution in [0.1, 0.15) is 18.4 Å². The number of likely N-dealkylation sites (tertiary alicyclic amines) is 1. The van der Waals surface area contributed by atoms with Crippen molar-refractivity contribution in [3.05, 3.63) is 29.8 Å². The second-order valence-corrected chi connectivity index (χ2v) is 7.73. The zero-order chi connectivity index (χ0) is 21.8. The number of guanidine groups is 1. The minimum Gasteiger partial charge on any atom is -0.497 e. The van der Waals surface area contributed by atoms with Gasteiger partial charge in [0.05, 0.1) is 13.7 Å². The molecule has 176 valence electrons. The summed E-state index contributed by atoms with van der Waals surface area (Å²) in [5, 5.41) is 6.91. The molecule has 0 bridgehead atoms. The molecule has 1 aliphatic rings. The van der Waals surface area contributed by atoms with E-state index in [0.717, 1.165) is 57.8 Å². The molecule has 1 heterocycles. The van der Waals surface area contributed by atoms with Crippen molar-refractivity contribution in [1.82, 2.24) is 20.4 Å². The molecule has 8 nitrogen and oxygen atoms in total. The lowest BCUT2D eigenvalue weighted by Crippen LogP contribution is -2.49. The Labute approximate surface area is 203 Å². The molecule has 2 N–H and O–H groups in total. The topological polar surface area (TPSA) is 78.4 Å². The number of hydrogen-bond acceptors (Lipinski definition) is 5. The van der Waals surface area contributed by atoms with Crippen molar-refractivity contribution < 1.29 is 14.3 Å². The molecule has 0 radical (unpaired) electrons. The van der Waals surface area contributed by atoms with Crippen LogP contribution in [0, 0.1) is 0 Å². The van der Waals surface area contributed by atoms with Gasteiger partial charge in [-0.25, -0.2) is 4.99 Å². The molecule has 0 aliphatic carbocycles. The van der Waals surface area contributed by atoms with E-state index in [9.17, 15) is 4.79 Å². The molecule has 1 amide bonds. The van der Waals surface area contributed by atoms with Crippen LogP contribution in [0.2, 0.25) is 0 Å². The highest BCUT2D eigenvalue weighted by atomic mass is 127. The van der Waals surface area contributed by atoms with E-state index in [4.69, 9.17) is 9.47 Å². The van der Waals surface area contributed by atoms with Crippen molar-refractivity contribution in [2.24, 2.45) is 4.99 Å². The van der Waals surface area contributed by atoms with Gasteiger partial charge in [-0.2, -0.15) is 0 Å². The van der Waals surface area contributed by atoms with E-state index in [1.165, 1.54) is 5.56 Å². The molecule has 0 saturated carbocycles. The maximum atomic E-state index is 12.0. The summed E-state index contributed by atoms with van der Waals surface area (Å²) in [5.41, 5.74) is 1.22. The first-order chi connectivity index (χ1) is 14.5. The summed E-state index contributed by atoms with van der Waals surface area (Å²) in [7, 11) is 6.90. The predicted molar refractivity (Wildman–Crippen MR) is 136 cm³/mol. The van der Waals surface area contributed by atoms with Crippen molar-refractivity contribution in [2.45, 2.75) is 25.3 Å². The summed E-state index contributed by atoms with van der Waals surface area (Å²) in [6.07, 6.45) is 2.96. The molecule has 2 rings (SSSR count). The van der Waals surface area contributed by atoms with Crippen LogP contribution in [0.4, 0.5) is 0 Å².